The van der Waals surface area contributed by atoms with Gasteiger partial charge in [-0.25, -0.2) is 13.2 Å². The van der Waals surface area contributed by atoms with Crippen LogP contribution < -0.4 is 5.32 Å². The molecule has 0 aromatic heterocycles. The molecule has 1 aliphatic rings. The SMILES string of the molecule is COC(=O)C(C)NC(=O)C1CCN(S(=O)(=O)c2ccc(C)cc2)CC1. The van der Waals surface area contributed by atoms with Crippen LogP contribution in [-0.4, -0.2) is 50.8 Å². The van der Waals surface area contributed by atoms with Gasteiger partial charge >= 0.3 is 5.97 Å². The number of esters is 1. The van der Waals surface area contributed by atoms with Crippen molar-refractivity contribution in [2.45, 2.75) is 37.6 Å². The third kappa shape index (κ3) is 4.58. The van der Waals surface area contributed by atoms with E-state index in [4.69, 9.17) is 0 Å². The minimum atomic E-state index is -3.54. The van der Waals surface area contributed by atoms with Gasteiger partial charge < -0.3 is 10.1 Å². The minimum absolute atomic E-state index is 0.245. The molecule has 0 radical (unpaired) electrons. The molecule has 0 spiro atoms. The first-order chi connectivity index (χ1) is 11.8. The van der Waals surface area contributed by atoms with Gasteiger partial charge in [0, 0.05) is 19.0 Å². The summed E-state index contributed by atoms with van der Waals surface area (Å²) in [4.78, 5) is 23.8. The van der Waals surface area contributed by atoms with E-state index in [1.165, 1.54) is 11.4 Å². The number of rotatable bonds is 5. The van der Waals surface area contributed by atoms with E-state index in [1.54, 1.807) is 31.2 Å². The average Bonchev–Trinajstić information content (AvgIpc) is 2.61. The quantitative estimate of drug-likeness (QED) is 0.785. The lowest BCUT2D eigenvalue weighted by atomic mass is 9.97. The van der Waals surface area contributed by atoms with Crippen molar-refractivity contribution < 1.29 is 22.7 Å². The lowest BCUT2D eigenvalue weighted by Crippen LogP contribution is -2.46. The van der Waals surface area contributed by atoms with Crippen LogP contribution in [0, 0.1) is 12.8 Å². The maximum atomic E-state index is 12.6. The van der Waals surface area contributed by atoms with Crippen LogP contribution in [-0.2, 0) is 24.3 Å². The van der Waals surface area contributed by atoms with Crippen LogP contribution in [0.15, 0.2) is 29.2 Å². The van der Waals surface area contributed by atoms with Crippen LogP contribution in [0.5, 0.6) is 0 Å². The number of amides is 1. The van der Waals surface area contributed by atoms with Crippen molar-refractivity contribution in [1.29, 1.82) is 0 Å². The van der Waals surface area contributed by atoms with Crippen LogP contribution in [0.2, 0.25) is 0 Å². The summed E-state index contributed by atoms with van der Waals surface area (Å²) >= 11 is 0. The number of carbonyl (C=O) groups is 2. The van der Waals surface area contributed by atoms with Gasteiger partial charge in [-0.1, -0.05) is 17.7 Å². The van der Waals surface area contributed by atoms with E-state index in [-0.39, 0.29) is 29.8 Å². The molecule has 1 saturated heterocycles. The first kappa shape index (κ1) is 19.4. The summed E-state index contributed by atoms with van der Waals surface area (Å²) < 4.78 is 31.3. The smallest absolute Gasteiger partial charge is 0.328 e. The van der Waals surface area contributed by atoms with E-state index in [1.807, 2.05) is 6.92 Å². The number of nitrogens with one attached hydrogen (secondary N) is 1. The van der Waals surface area contributed by atoms with Crippen molar-refractivity contribution in [2.24, 2.45) is 5.92 Å². The molecule has 0 saturated carbocycles. The lowest BCUT2D eigenvalue weighted by molar-refractivity contribution is -0.145. The zero-order valence-corrected chi connectivity index (χ0v) is 15.5. The second-order valence-electron chi connectivity index (χ2n) is 6.24. The summed E-state index contributed by atoms with van der Waals surface area (Å²) in [6.45, 7) is 4.01. The Morgan fingerprint density at radius 1 is 1.20 bits per heavy atom. The van der Waals surface area contributed by atoms with E-state index in [0.29, 0.717) is 12.8 Å². The second-order valence-corrected chi connectivity index (χ2v) is 8.18. The standard InChI is InChI=1S/C17H24N2O5S/c1-12-4-6-15(7-5-12)25(22,23)19-10-8-14(9-11-19)16(20)18-13(2)17(21)24-3/h4-7,13-14H,8-11H2,1-3H3,(H,18,20). The molecule has 1 aliphatic heterocycles. The maximum Gasteiger partial charge on any atom is 0.328 e. The van der Waals surface area contributed by atoms with E-state index in [2.05, 4.69) is 10.1 Å². The first-order valence-electron chi connectivity index (χ1n) is 8.20. The van der Waals surface area contributed by atoms with Gasteiger partial charge in [0.2, 0.25) is 15.9 Å². The molecule has 0 aliphatic carbocycles. The highest BCUT2D eigenvalue weighted by atomic mass is 32.2. The number of benzene rings is 1. The number of piperidine rings is 1. The molecule has 8 heteroatoms. The van der Waals surface area contributed by atoms with Crippen LogP contribution in [0.25, 0.3) is 0 Å². The Labute approximate surface area is 148 Å². The Morgan fingerprint density at radius 2 is 1.76 bits per heavy atom. The Hall–Kier alpha value is -1.93. The molecule has 1 fully saturated rings. The number of aryl methyl sites for hydroxylation is 1. The molecule has 1 amide bonds. The molecule has 1 heterocycles. The Kier molecular flexibility index (Phi) is 6.18. The fraction of sp³-hybridized carbons (Fsp3) is 0.529. The summed E-state index contributed by atoms with van der Waals surface area (Å²) in [6.07, 6.45) is 0.843. The van der Waals surface area contributed by atoms with Crippen LogP contribution in [0.3, 0.4) is 0 Å². The summed E-state index contributed by atoms with van der Waals surface area (Å²) in [5.74, 6) is -1.06. The predicted octanol–water partition coefficient (Wildman–Crippen LogP) is 1.07. The van der Waals surface area contributed by atoms with Gasteiger partial charge in [0.15, 0.2) is 0 Å². The van der Waals surface area contributed by atoms with Gasteiger partial charge in [-0.3, -0.25) is 4.79 Å². The van der Waals surface area contributed by atoms with Crippen LogP contribution in [0.1, 0.15) is 25.3 Å². The van der Waals surface area contributed by atoms with Crippen molar-refractivity contribution in [3.8, 4) is 0 Å². The summed E-state index contributed by atoms with van der Waals surface area (Å²) in [6, 6.07) is 6.01. The number of ether oxygens (including phenoxy) is 1. The van der Waals surface area contributed by atoms with Crippen molar-refractivity contribution in [2.75, 3.05) is 20.2 Å². The monoisotopic (exact) mass is 368 g/mol. The topological polar surface area (TPSA) is 92.8 Å². The molecule has 1 unspecified atom stereocenters. The largest absolute Gasteiger partial charge is 0.467 e. The molecule has 7 nitrogen and oxygen atoms in total. The van der Waals surface area contributed by atoms with Gasteiger partial charge in [-0.2, -0.15) is 4.31 Å². The fourth-order valence-corrected chi connectivity index (χ4v) is 4.25. The molecule has 1 aromatic carbocycles. The van der Waals surface area contributed by atoms with Gasteiger partial charge in [-0.15, -0.1) is 0 Å². The second kappa shape index (κ2) is 7.97. The highest BCUT2D eigenvalue weighted by Gasteiger charge is 2.32. The molecular formula is C17H24N2O5S. The van der Waals surface area contributed by atoms with E-state index < -0.39 is 22.0 Å². The maximum absolute atomic E-state index is 12.6. The van der Waals surface area contributed by atoms with E-state index in [9.17, 15) is 18.0 Å². The normalized spacial score (nSPS) is 17.7. The number of sulfonamides is 1. The van der Waals surface area contributed by atoms with Gasteiger partial charge in [-0.05, 0) is 38.8 Å². The number of methoxy groups -OCH3 is 1. The molecular weight excluding hydrogens is 344 g/mol. The third-order valence-electron chi connectivity index (χ3n) is 4.40. The summed E-state index contributed by atoms with van der Waals surface area (Å²) in [7, 11) is -2.28. The zero-order valence-electron chi connectivity index (χ0n) is 14.7. The van der Waals surface area contributed by atoms with Crippen LogP contribution in [0.4, 0.5) is 0 Å². The zero-order chi connectivity index (χ0) is 18.6. The summed E-state index contributed by atoms with van der Waals surface area (Å²) in [5, 5.41) is 2.61. The number of hydrogen-bond donors (Lipinski definition) is 1. The summed E-state index contributed by atoms with van der Waals surface area (Å²) in [5.41, 5.74) is 0.994. The Bertz CT molecular complexity index is 722. The van der Waals surface area contributed by atoms with Gasteiger partial charge in [0.1, 0.15) is 6.04 Å². The molecule has 138 valence electrons. The van der Waals surface area contributed by atoms with Crippen molar-refractivity contribution in [3.05, 3.63) is 29.8 Å². The van der Waals surface area contributed by atoms with Crippen molar-refractivity contribution in [1.82, 2.24) is 9.62 Å². The van der Waals surface area contributed by atoms with Crippen molar-refractivity contribution in [3.63, 3.8) is 0 Å². The molecule has 1 N–H and O–H groups in total. The highest BCUT2D eigenvalue weighted by Crippen LogP contribution is 2.24. The number of nitrogens with zero attached hydrogens (tertiary/aromatic N) is 1. The Balaban J connectivity index is 1.96. The molecule has 2 rings (SSSR count). The Morgan fingerprint density at radius 3 is 2.28 bits per heavy atom. The fourth-order valence-electron chi connectivity index (χ4n) is 2.78. The molecule has 0 bridgehead atoms. The molecule has 1 atom stereocenters. The predicted molar refractivity (Wildman–Crippen MR) is 92.3 cm³/mol. The third-order valence-corrected chi connectivity index (χ3v) is 6.31. The lowest BCUT2D eigenvalue weighted by Gasteiger charge is -2.31. The number of carbonyl (C=O) groups excluding carboxylic acids is 2. The van der Waals surface area contributed by atoms with Gasteiger partial charge in [0.05, 0.1) is 12.0 Å². The number of hydrogen-bond acceptors (Lipinski definition) is 5. The van der Waals surface area contributed by atoms with E-state index >= 15 is 0 Å². The van der Waals surface area contributed by atoms with Gasteiger partial charge in [0.25, 0.3) is 0 Å². The highest BCUT2D eigenvalue weighted by molar-refractivity contribution is 7.89. The van der Waals surface area contributed by atoms with E-state index in [0.717, 1.165) is 5.56 Å². The van der Waals surface area contributed by atoms with Crippen LogP contribution >= 0.6 is 0 Å². The first-order valence-corrected chi connectivity index (χ1v) is 9.64. The molecule has 1 aromatic rings. The van der Waals surface area contributed by atoms with Crippen molar-refractivity contribution >= 4 is 21.9 Å². The molecule has 25 heavy (non-hydrogen) atoms. The average molecular weight is 368 g/mol. The minimum Gasteiger partial charge on any atom is -0.467 e.